The summed E-state index contributed by atoms with van der Waals surface area (Å²) in [6.07, 6.45) is 3.70. The number of H-pyrrole nitrogens is 1. The minimum atomic E-state index is 0.698. The quantitative estimate of drug-likeness (QED) is 0.705. The van der Waals surface area contributed by atoms with Gasteiger partial charge in [-0.25, -0.2) is 15.0 Å². The number of para-hydroxylation sites is 2. The molecule has 3 aromatic rings. The van der Waals surface area contributed by atoms with Crippen molar-refractivity contribution in [1.29, 1.82) is 0 Å². The second-order valence-electron chi connectivity index (χ2n) is 4.32. The number of rotatable bonds is 5. The summed E-state index contributed by atoms with van der Waals surface area (Å²) in [6, 6.07) is 7.95. The summed E-state index contributed by atoms with van der Waals surface area (Å²) < 4.78 is 0. The Labute approximate surface area is 121 Å². The lowest BCUT2D eigenvalue weighted by Gasteiger charge is -2.01. The lowest BCUT2D eigenvalue weighted by molar-refractivity contribution is 0.716. The van der Waals surface area contributed by atoms with Gasteiger partial charge in [0.05, 0.1) is 11.0 Å². The van der Waals surface area contributed by atoms with Crippen LogP contribution in [0.3, 0.4) is 0 Å². The predicted molar refractivity (Wildman–Crippen MR) is 79.6 cm³/mol. The summed E-state index contributed by atoms with van der Waals surface area (Å²) in [6.45, 7) is 3.81. The number of aromatic amines is 1. The zero-order valence-corrected chi connectivity index (χ0v) is 11.9. The molecule has 0 saturated carbocycles. The van der Waals surface area contributed by atoms with Gasteiger partial charge in [0.15, 0.2) is 10.3 Å². The fraction of sp³-hybridized carbons (Fsp3) is 0.214. The molecule has 102 valence electrons. The fourth-order valence-electron chi connectivity index (χ4n) is 1.82. The molecule has 2 aromatic heterocycles. The highest BCUT2D eigenvalue weighted by atomic mass is 32.2. The van der Waals surface area contributed by atoms with Gasteiger partial charge in [-0.1, -0.05) is 19.1 Å². The molecule has 20 heavy (non-hydrogen) atoms. The van der Waals surface area contributed by atoms with E-state index in [0.29, 0.717) is 5.16 Å². The van der Waals surface area contributed by atoms with Gasteiger partial charge in [0.2, 0.25) is 0 Å². The molecule has 0 unspecified atom stereocenters. The van der Waals surface area contributed by atoms with Crippen LogP contribution in [0.2, 0.25) is 0 Å². The van der Waals surface area contributed by atoms with Crippen molar-refractivity contribution in [3.63, 3.8) is 0 Å². The van der Waals surface area contributed by atoms with Gasteiger partial charge in [-0.3, -0.25) is 0 Å². The smallest absolute Gasteiger partial charge is 0.195 e. The van der Waals surface area contributed by atoms with E-state index < -0.39 is 0 Å². The third-order valence-corrected chi connectivity index (χ3v) is 3.60. The summed E-state index contributed by atoms with van der Waals surface area (Å²) in [5.41, 5.74) is 3.07. The number of benzene rings is 1. The first-order chi connectivity index (χ1) is 9.85. The van der Waals surface area contributed by atoms with Crippen molar-refractivity contribution >= 4 is 22.8 Å². The number of nitrogens with one attached hydrogen (secondary N) is 2. The number of aromatic nitrogens is 4. The number of hydrogen-bond donors (Lipinski definition) is 2. The molecule has 2 N–H and O–H groups in total. The highest BCUT2D eigenvalue weighted by molar-refractivity contribution is 7.99. The Morgan fingerprint density at radius 1 is 1.20 bits per heavy atom. The normalized spacial score (nSPS) is 11.1. The van der Waals surface area contributed by atoms with Crippen molar-refractivity contribution in [3.05, 3.63) is 42.2 Å². The second kappa shape index (κ2) is 6.02. The van der Waals surface area contributed by atoms with Crippen molar-refractivity contribution in [2.45, 2.75) is 23.8 Å². The van der Waals surface area contributed by atoms with Crippen LogP contribution in [0.15, 0.2) is 47.0 Å². The first-order valence-corrected chi connectivity index (χ1v) is 7.31. The van der Waals surface area contributed by atoms with Crippen LogP contribution in [0.1, 0.15) is 12.5 Å². The summed E-state index contributed by atoms with van der Waals surface area (Å²) in [7, 11) is 0. The van der Waals surface area contributed by atoms with Crippen molar-refractivity contribution < 1.29 is 0 Å². The van der Waals surface area contributed by atoms with E-state index in [1.807, 2.05) is 36.7 Å². The number of hydrogen-bond acceptors (Lipinski definition) is 5. The van der Waals surface area contributed by atoms with Gasteiger partial charge < -0.3 is 10.3 Å². The van der Waals surface area contributed by atoms with Crippen molar-refractivity contribution in [1.82, 2.24) is 25.3 Å². The maximum atomic E-state index is 4.50. The van der Waals surface area contributed by atoms with Crippen molar-refractivity contribution in [2.75, 3.05) is 6.54 Å². The van der Waals surface area contributed by atoms with Crippen LogP contribution >= 0.6 is 11.8 Å². The zero-order valence-electron chi connectivity index (χ0n) is 11.1. The standard InChI is InChI=1S/C14H15N5S/c1-2-15-7-10-8-16-13(17-9-10)20-14-18-11-5-3-4-6-12(11)19-14/h3-6,8-9,15H,2,7H2,1H3,(H,18,19). The predicted octanol–water partition coefficient (Wildman–Crippen LogP) is 2.61. The number of imidazole rings is 1. The molecule has 0 atom stereocenters. The molecule has 0 radical (unpaired) electrons. The van der Waals surface area contributed by atoms with Crippen LogP contribution < -0.4 is 5.32 Å². The summed E-state index contributed by atoms with van der Waals surface area (Å²) in [5, 5.41) is 4.76. The molecule has 3 rings (SSSR count). The molecule has 0 bridgehead atoms. The van der Waals surface area contributed by atoms with E-state index in [2.05, 4.69) is 32.2 Å². The molecule has 0 saturated heterocycles. The van der Waals surface area contributed by atoms with Gasteiger partial charge in [0.25, 0.3) is 0 Å². The van der Waals surface area contributed by atoms with Crippen LogP contribution in [0.4, 0.5) is 0 Å². The van der Waals surface area contributed by atoms with Gasteiger partial charge in [-0.15, -0.1) is 0 Å². The molecule has 0 fully saturated rings. The minimum absolute atomic E-state index is 0.698. The van der Waals surface area contributed by atoms with Crippen LogP contribution in [0.25, 0.3) is 11.0 Å². The Hall–Kier alpha value is -1.92. The van der Waals surface area contributed by atoms with Crippen LogP contribution in [-0.2, 0) is 6.54 Å². The lowest BCUT2D eigenvalue weighted by atomic mass is 10.3. The van der Waals surface area contributed by atoms with Crippen LogP contribution in [0, 0.1) is 0 Å². The molecule has 5 nitrogen and oxygen atoms in total. The molecule has 0 aliphatic heterocycles. The first-order valence-electron chi connectivity index (χ1n) is 6.49. The largest absolute Gasteiger partial charge is 0.333 e. The molecule has 2 heterocycles. The van der Waals surface area contributed by atoms with Gasteiger partial charge in [-0.2, -0.15) is 0 Å². The zero-order chi connectivity index (χ0) is 13.8. The molecule has 6 heteroatoms. The van der Waals surface area contributed by atoms with E-state index in [-0.39, 0.29) is 0 Å². The maximum Gasteiger partial charge on any atom is 0.195 e. The van der Waals surface area contributed by atoms with E-state index in [0.717, 1.165) is 34.8 Å². The van der Waals surface area contributed by atoms with Crippen LogP contribution in [-0.4, -0.2) is 26.5 Å². The number of fused-ring (bicyclic) bond motifs is 1. The Bertz CT molecular complexity index is 659. The average Bonchev–Trinajstić information content (AvgIpc) is 2.89. The highest BCUT2D eigenvalue weighted by Gasteiger charge is 2.06. The average molecular weight is 285 g/mol. The first kappa shape index (κ1) is 13.1. The van der Waals surface area contributed by atoms with Crippen LogP contribution in [0.5, 0.6) is 0 Å². The molecular formula is C14H15N5S. The Morgan fingerprint density at radius 2 is 2.00 bits per heavy atom. The Balaban J connectivity index is 1.73. The summed E-state index contributed by atoms with van der Waals surface area (Å²) in [4.78, 5) is 16.4. The van der Waals surface area contributed by atoms with E-state index in [4.69, 9.17) is 0 Å². The van der Waals surface area contributed by atoms with E-state index in [1.165, 1.54) is 11.8 Å². The second-order valence-corrected chi connectivity index (χ2v) is 5.27. The van der Waals surface area contributed by atoms with E-state index in [9.17, 15) is 0 Å². The van der Waals surface area contributed by atoms with Gasteiger partial charge in [0.1, 0.15) is 0 Å². The van der Waals surface area contributed by atoms with Gasteiger partial charge in [-0.05, 0) is 30.4 Å². The van der Waals surface area contributed by atoms with Gasteiger partial charge >= 0.3 is 0 Å². The Morgan fingerprint density at radius 3 is 2.75 bits per heavy atom. The van der Waals surface area contributed by atoms with Crippen molar-refractivity contribution in [2.24, 2.45) is 0 Å². The summed E-state index contributed by atoms with van der Waals surface area (Å²) in [5.74, 6) is 0. The molecule has 0 spiro atoms. The third kappa shape index (κ3) is 2.97. The molecule has 0 aliphatic rings. The molecule has 0 aliphatic carbocycles. The topological polar surface area (TPSA) is 66.5 Å². The molecule has 0 amide bonds. The maximum absolute atomic E-state index is 4.50. The molecular weight excluding hydrogens is 270 g/mol. The minimum Gasteiger partial charge on any atom is -0.333 e. The van der Waals surface area contributed by atoms with Gasteiger partial charge in [0, 0.05) is 24.5 Å². The fourth-order valence-corrected chi connectivity index (χ4v) is 2.51. The highest BCUT2D eigenvalue weighted by Crippen LogP contribution is 2.23. The summed E-state index contributed by atoms with van der Waals surface area (Å²) >= 11 is 1.44. The molecule has 1 aromatic carbocycles. The number of nitrogens with zero attached hydrogens (tertiary/aromatic N) is 3. The third-order valence-electron chi connectivity index (χ3n) is 2.82. The SMILES string of the molecule is CCNCc1cnc(Sc2nc3ccccc3[nH]2)nc1. The Kier molecular flexibility index (Phi) is 3.94. The van der Waals surface area contributed by atoms with Crippen molar-refractivity contribution in [3.8, 4) is 0 Å². The van der Waals surface area contributed by atoms with E-state index >= 15 is 0 Å². The lowest BCUT2D eigenvalue weighted by Crippen LogP contribution is -2.12. The monoisotopic (exact) mass is 285 g/mol. The van der Waals surface area contributed by atoms with E-state index in [1.54, 1.807) is 0 Å².